The minimum Gasteiger partial charge on any atom is -0.512 e. The van der Waals surface area contributed by atoms with E-state index >= 15 is 0 Å². The number of allylic oxidation sites excluding steroid dienone is 2. The van der Waals surface area contributed by atoms with Crippen LogP contribution in [-0.2, 0) is 0 Å². The molecule has 0 aromatic heterocycles. The van der Waals surface area contributed by atoms with E-state index in [0.29, 0.717) is 12.2 Å². The topological polar surface area (TPSA) is 20.2 Å². The molecule has 0 aliphatic rings. The molecule has 0 aromatic carbocycles. The number of hydrogen-bond acceptors (Lipinski definition) is 1. The van der Waals surface area contributed by atoms with Gasteiger partial charge in [-0.1, -0.05) is 22.9 Å². The second kappa shape index (κ2) is 3.08. The summed E-state index contributed by atoms with van der Waals surface area (Å²) in [5.41, 5.74) is 0. The normalized spacial score (nSPS) is 13.6. The lowest BCUT2D eigenvalue weighted by Crippen LogP contribution is -1.75. The molecule has 7 heavy (non-hydrogen) atoms. The Bertz CT molecular complexity index is 82.1. The summed E-state index contributed by atoms with van der Waals surface area (Å²) in [5.74, 6) is 0.431. The molecule has 0 heterocycles. The van der Waals surface area contributed by atoms with Gasteiger partial charge in [0.25, 0.3) is 0 Å². The van der Waals surface area contributed by atoms with Gasteiger partial charge in [0.1, 0.15) is 5.76 Å². The lowest BCUT2D eigenvalue weighted by atomic mass is 10.4. The molecule has 0 unspecified atom stereocenters. The molecule has 0 fully saturated rings. The van der Waals surface area contributed by atoms with Gasteiger partial charge in [0.2, 0.25) is 0 Å². The molecule has 0 saturated carbocycles. The highest BCUT2D eigenvalue weighted by Gasteiger charge is 1.88. The van der Waals surface area contributed by atoms with E-state index in [1.165, 1.54) is 0 Å². The summed E-state index contributed by atoms with van der Waals surface area (Å²) in [7, 11) is 0. The van der Waals surface area contributed by atoms with Gasteiger partial charge < -0.3 is 5.11 Å². The predicted octanol–water partition coefficient (Wildman–Crippen LogP) is 2.58. The lowest BCUT2D eigenvalue weighted by molar-refractivity contribution is 0.392. The summed E-state index contributed by atoms with van der Waals surface area (Å²) in [5, 5.41) is 8.77. The Balaban J connectivity index is 3.72. The predicted molar refractivity (Wildman–Crippen MR) is 34.5 cm³/mol. The van der Waals surface area contributed by atoms with Crippen LogP contribution in [-0.4, -0.2) is 5.11 Å². The van der Waals surface area contributed by atoms with E-state index in [2.05, 4.69) is 15.9 Å². The van der Waals surface area contributed by atoms with Crippen LogP contribution < -0.4 is 0 Å². The molecule has 0 spiro atoms. The first kappa shape index (κ1) is 7.02. The van der Waals surface area contributed by atoms with Crippen LogP contribution in [0.1, 0.15) is 20.3 Å². The minimum absolute atomic E-state index is 0.431. The fraction of sp³-hybridized carbons (Fsp3) is 0.600. The summed E-state index contributed by atoms with van der Waals surface area (Å²) < 4.78 is 0.829. The molecule has 0 rings (SSSR count). The Morgan fingerprint density at radius 3 is 2.14 bits per heavy atom. The monoisotopic (exact) mass is 164 g/mol. The van der Waals surface area contributed by atoms with Crippen molar-refractivity contribution in [2.24, 2.45) is 0 Å². The quantitative estimate of drug-likeness (QED) is 0.592. The van der Waals surface area contributed by atoms with Gasteiger partial charge in [-0.3, -0.25) is 0 Å². The van der Waals surface area contributed by atoms with Crippen LogP contribution in [0, 0.1) is 0 Å². The van der Waals surface area contributed by atoms with Crippen molar-refractivity contribution < 1.29 is 5.11 Å². The molecule has 0 saturated heterocycles. The standard InChI is InChI=1S/C5H9BrO/c1-3-5(7)4(2)6/h7H,3H2,1-2H3/b5-4+. The molecular weight excluding hydrogens is 156 g/mol. The van der Waals surface area contributed by atoms with Crippen LogP contribution in [0.4, 0.5) is 0 Å². The zero-order valence-electron chi connectivity index (χ0n) is 4.53. The van der Waals surface area contributed by atoms with Gasteiger partial charge in [-0.05, 0) is 6.92 Å². The fourth-order valence-corrected chi connectivity index (χ4v) is 0.524. The number of hydrogen-bond donors (Lipinski definition) is 1. The van der Waals surface area contributed by atoms with Crippen LogP contribution in [0.5, 0.6) is 0 Å². The maximum atomic E-state index is 8.77. The van der Waals surface area contributed by atoms with Gasteiger partial charge in [0, 0.05) is 10.9 Å². The molecule has 42 valence electrons. The molecule has 0 bridgehead atoms. The van der Waals surface area contributed by atoms with E-state index in [1.54, 1.807) is 0 Å². The third-order valence-electron chi connectivity index (χ3n) is 0.733. The third kappa shape index (κ3) is 2.68. The van der Waals surface area contributed by atoms with Gasteiger partial charge in [-0.2, -0.15) is 0 Å². The molecule has 0 aliphatic heterocycles. The Labute approximate surface area is 52.2 Å². The first-order chi connectivity index (χ1) is 3.18. The summed E-state index contributed by atoms with van der Waals surface area (Å²) in [4.78, 5) is 0. The molecule has 0 radical (unpaired) electrons. The molecule has 0 aromatic rings. The van der Waals surface area contributed by atoms with E-state index < -0.39 is 0 Å². The summed E-state index contributed by atoms with van der Waals surface area (Å²) in [6, 6.07) is 0. The Hall–Kier alpha value is 0.0200. The van der Waals surface area contributed by atoms with E-state index in [1.807, 2.05) is 13.8 Å². The smallest absolute Gasteiger partial charge is 0.102 e. The summed E-state index contributed by atoms with van der Waals surface area (Å²) in [6.45, 7) is 3.72. The first-order valence-electron chi connectivity index (χ1n) is 2.22. The maximum Gasteiger partial charge on any atom is 0.102 e. The van der Waals surface area contributed by atoms with Crippen molar-refractivity contribution in [3.8, 4) is 0 Å². The molecule has 2 heteroatoms. The van der Waals surface area contributed by atoms with Crippen LogP contribution in [0.15, 0.2) is 10.2 Å². The molecule has 1 N–H and O–H groups in total. The van der Waals surface area contributed by atoms with Gasteiger partial charge in [0.15, 0.2) is 0 Å². The lowest BCUT2D eigenvalue weighted by Gasteiger charge is -1.91. The van der Waals surface area contributed by atoms with E-state index in [-0.39, 0.29) is 0 Å². The van der Waals surface area contributed by atoms with Crippen molar-refractivity contribution in [2.45, 2.75) is 20.3 Å². The highest BCUT2D eigenvalue weighted by atomic mass is 79.9. The third-order valence-corrected chi connectivity index (χ3v) is 1.19. The highest BCUT2D eigenvalue weighted by Crippen LogP contribution is 2.09. The maximum absolute atomic E-state index is 8.77. The van der Waals surface area contributed by atoms with E-state index in [0.717, 1.165) is 4.48 Å². The Morgan fingerprint density at radius 1 is 1.71 bits per heavy atom. The highest BCUT2D eigenvalue weighted by molar-refractivity contribution is 9.11. The minimum atomic E-state index is 0.431. The number of aliphatic hydroxyl groups excluding tert-OH is 1. The Morgan fingerprint density at radius 2 is 2.14 bits per heavy atom. The second-order valence-electron chi connectivity index (χ2n) is 1.33. The van der Waals surface area contributed by atoms with Gasteiger partial charge in [-0.15, -0.1) is 0 Å². The van der Waals surface area contributed by atoms with Crippen LogP contribution in [0.3, 0.4) is 0 Å². The van der Waals surface area contributed by atoms with Crippen molar-refractivity contribution in [3.05, 3.63) is 10.2 Å². The molecular formula is C5H9BrO. The first-order valence-corrected chi connectivity index (χ1v) is 3.02. The van der Waals surface area contributed by atoms with Crippen molar-refractivity contribution >= 4 is 15.9 Å². The fourth-order valence-electron chi connectivity index (χ4n) is 0.244. The zero-order chi connectivity index (χ0) is 5.86. The van der Waals surface area contributed by atoms with E-state index in [9.17, 15) is 0 Å². The zero-order valence-corrected chi connectivity index (χ0v) is 6.12. The Kier molecular flexibility index (Phi) is 3.09. The van der Waals surface area contributed by atoms with Crippen molar-refractivity contribution in [2.75, 3.05) is 0 Å². The largest absolute Gasteiger partial charge is 0.512 e. The summed E-state index contributed by atoms with van der Waals surface area (Å²) >= 11 is 3.13. The average Bonchev–Trinajstić information content (AvgIpc) is 1.65. The number of halogens is 1. The second-order valence-corrected chi connectivity index (χ2v) is 2.52. The van der Waals surface area contributed by atoms with Crippen LogP contribution in [0.25, 0.3) is 0 Å². The number of aliphatic hydroxyl groups is 1. The SMILES string of the molecule is CC/C(O)=C(/C)Br. The molecule has 0 aliphatic carbocycles. The van der Waals surface area contributed by atoms with Gasteiger partial charge >= 0.3 is 0 Å². The van der Waals surface area contributed by atoms with Crippen molar-refractivity contribution in [1.29, 1.82) is 0 Å². The van der Waals surface area contributed by atoms with Crippen LogP contribution >= 0.6 is 15.9 Å². The van der Waals surface area contributed by atoms with E-state index in [4.69, 9.17) is 5.11 Å². The molecule has 0 atom stereocenters. The van der Waals surface area contributed by atoms with Crippen molar-refractivity contribution in [1.82, 2.24) is 0 Å². The summed E-state index contributed by atoms with van der Waals surface area (Å²) in [6.07, 6.45) is 0.705. The average molecular weight is 165 g/mol. The van der Waals surface area contributed by atoms with Gasteiger partial charge in [-0.25, -0.2) is 0 Å². The van der Waals surface area contributed by atoms with Crippen molar-refractivity contribution in [3.63, 3.8) is 0 Å². The molecule has 0 amide bonds. The van der Waals surface area contributed by atoms with Gasteiger partial charge in [0.05, 0.1) is 0 Å². The molecule has 1 nitrogen and oxygen atoms in total. The van der Waals surface area contributed by atoms with Crippen LogP contribution in [0.2, 0.25) is 0 Å². The number of rotatable bonds is 1.